The van der Waals surface area contributed by atoms with Crippen LogP contribution in [0.3, 0.4) is 0 Å². The van der Waals surface area contributed by atoms with Crippen molar-refractivity contribution in [2.24, 2.45) is 12.8 Å². The van der Waals surface area contributed by atoms with Crippen LogP contribution in [-0.4, -0.2) is 15.8 Å². The van der Waals surface area contributed by atoms with Gasteiger partial charge in [-0.3, -0.25) is 4.68 Å². The summed E-state index contributed by atoms with van der Waals surface area (Å²) in [5.41, 5.74) is 9.39. The molecule has 2 aromatic rings. The Kier molecular flexibility index (Phi) is 3.06. The molecular weight excluding hydrogens is 198 g/mol. The van der Waals surface area contributed by atoms with Crippen molar-refractivity contribution in [3.05, 3.63) is 42.2 Å². The van der Waals surface area contributed by atoms with E-state index in [0.29, 0.717) is 0 Å². The zero-order valence-corrected chi connectivity index (χ0v) is 9.72. The van der Waals surface area contributed by atoms with Crippen molar-refractivity contribution in [2.45, 2.75) is 19.4 Å². The number of hydrogen-bond acceptors (Lipinski definition) is 2. The lowest BCUT2D eigenvalue weighted by molar-refractivity contribution is 0.738. The molecule has 84 valence electrons. The fraction of sp³-hybridized carbons (Fsp3) is 0.308. The van der Waals surface area contributed by atoms with E-state index in [4.69, 9.17) is 5.73 Å². The summed E-state index contributed by atoms with van der Waals surface area (Å²) in [4.78, 5) is 0. The number of benzene rings is 1. The Morgan fingerprint density at radius 1 is 1.25 bits per heavy atom. The van der Waals surface area contributed by atoms with Crippen LogP contribution in [-0.2, 0) is 13.5 Å². The Labute approximate surface area is 95.9 Å². The molecule has 0 aliphatic heterocycles. The average Bonchev–Trinajstić information content (AvgIpc) is 2.65. The van der Waals surface area contributed by atoms with Crippen LogP contribution >= 0.6 is 0 Å². The highest BCUT2D eigenvalue weighted by Crippen LogP contribution is 2.19. The maximum atomic E-state index is 5.76. The van der Waals surface area contributed by atoms with E-state index < -0.39 is 0 Å². The molecule has 0 aliphatic rings. The monoisotopic (exact) mass is 215 g/mol. The molecule has 3 nitrogen and oxygen atoms in total. The predicted molar refractivity (Wildman–Crippen MR) is 66.0 cm³/mol. The second-order valence-electron chi connectivity index (χ2n) is 4.28. The SMILES string of the molecule is CC(N)Cc1ccc(-c2cnn(C)c2)cc1. The lowest BCUT2D eigenvalue weighted by Crippen LogP contribution is -2.17. The third-order valence-electron chi connectivity index (χ3n) is 2.55. The van der Waals surface area contributed by atoms with Crippen LogP contribution in [0.2, 0.25) is 0 Å². The number of hydrogen-bond donors (Lipinski definition) is 1. The number of aryl methyl sites for hydroxylation is 1. The Morgan fingerprint density at radius 2 is 1.94 bits per heavy atom. The molecule has 2 rings (SSSR count). The Morgan fingerprint density at radius 3 is 2.44 bits per heavy atom. The molecule has 3 heteroatoms. The highest BCUT2D eigenvalue weighted by Gasteiger charge is 2.01. The van der Waals surface area contributed by atoms with Gasteiger partial charge < -0.3 is 5.73 Å². The molecule has 2 N–H and O–H groups in total. The summed E-state index contributed by atoms with van der Waals surface area (Å²) in [5, 5.41) is 4.16. The molecule has 1 aromatic carbocycles. The Bertz CT molecular complexity index is 454. The van der Waals surface area contributed by atoms with E-state index in [0.717, 1.165) is 12.0 Å². The Hall–Kier alpha value is -1.61. The molecule has 0 saturated carbocycles. The van der Waals surface area contributed by atoms with Crippen LogP contribution in [0, 0.1) is 0 Å². The van der Waals surface area contributed by atoms with Crippen molar-refractivity contribution in [1.29, 1.82) is 0 Å². The van der Waals surface area contributed by atoms with Gasteiger partial charge in [0.15, 0.2) is 0 Å². The van der Waals surface area contributed by atoms with Crippen molar-refractivity contribution >= 4 is 0 Å². The summed E-state index contributed by atoms with van der Waals surface area (Å²) in [6.45, 7) is 2.02. The van der Waals surface area contributed by atoms with E-state index in [1.54, 1.807) is 0 Å². The minimum atomic E-state index is 0.212. The normalized spacial score (nSPS) is 12.7. The van der Waals surface area contributed by atoms with Gasteiger partial charge in [-0.15, -0.1) is 0 Å². The minimum Gasteiger partial charge on any atom is -0.328 e. The third kappa shape index (κ3) is 2.49. The Balaban J connectivity index is 2.19. The standard InChI is InChI=1S/C13H17N3/c1-10(14)7-11-3-5-12(6-4-11)13-8-15-16(2)9-13/h3-6,8-10H,7,14H2,1-2H3. The first-order chi connectivity index (χ1) is 7.65. The molecule has 0 amide bonds. The quantitative estimate of drug-likeness (QED) is 0.850. The van der Waals surface area contributed by atoms with Crippen molar-refractivity contribution in [3.8, 4) is 11.1 Å². The fourth-order valence-electron chi connectivity index (χ4n) is 1.78. The smallest absolute Gasteiger partial charge is 0.0568 e. The molecule has 16 heavy (non-hydrogen) atoms. The van der Waals surface area contributed by atoms with Gasteiger partial charge in [0.1, 0.15) is 0 Å². The van der Waals surface area contributed by atoms with Gasteiger partial charge in [-0.1, -0.05) is 24.3 Å². The number of nitrogens with two attached hydrogens (primary N) is 1. The van der Waals surface area contributed by atoms with Gasteiger partial charge in [0.05, 0.1) is 6.20 Å². The number of nitrogens with zero attached hydrogens (tertiary/aromatic N) is 2. The van der Waals surface area contributed by atoms with Crippen molar-refractivity contribution in [2.75, 3.05) is 0 Å². The fourth-order valence-corrected chi connectivity index (χ4v) is 1.78. The van der Waals surface area contributed by atoms with E-state index in [1.807, 2.05) is 31.0 Å². The highest BCUT2D eigenvalue weighted by atomic mass is 15.2. The molecule has 1 heterocycles. The maximum Gasteiger partial charge on any atom is 0.0568 e. The summed E-state index contributed by atoms with van der Waals surface area (Å²) in [6, 6.07) is 8.71. The van der Waals surface area contributed by atoms with Crippen LogP contribution in [0.15, 0.2) is 36.7 Å². The van der Waals surface area contributed by atoms with Crippen LogP contribution in [0.1, 0.15) is 12.5 Å². The summed E-state index contributed by atoms with van der Waals surface area (Å²) in [6.07, 6.45) is 4.81. The van der Waals surface area contributed by atoms with E-state index in [-0.39, 0.29) is 6.04 Å². The largest absolute Gasteiger partial charge is 0.328 e. The van der Waals surface area contributed by atoms with Gasteiger partial charge >= 0.3 is 0 Å². The molecule has 0 fully saturated rings. The zero-order chi connectivity index (χ0) is 11.5. The molecule has 0 spiro atoms. The summed E-state index contributed by atoms with van der Waals surface area (Å²) < 4.78 is 1.81. The van der Waals surface area contributed by atoms with Gasteiger partial charge in [-0.2, -0.15) is 5.10 Å². The van der Waals surface area contributed by atoms with Crippen LogP contribution in [0.5, 0.6) is 0 Å². The molecule has 0 saturated heterocycles. The molecule has 0 radical (unpaired) electrons. The van der Waals surface area contributed by atoms with Crippen LogP contribution in [0.25, 0.3) is 11.1 Å². The minimum absolute atomic E-state index is 0.212. The number of aromatic nitrogens is 2. The second-order valence-corrected chi connectivity index (χ2v) is 4.28. The predicted octanol–water partition coefficient (Wildman–Crippen LogP) is 1.98. The van der Waals surface area contributed by atoms with Crippen LogP contribution < -0.4 is 5.73 Å². The molecule has 1 atom stereocenters. The van der Waals surface area contributed by atoms with E-state index in [1.165, 1.54) is 11.1 Å². The first-order valence-electron chi connectivity index (χ1n) is 5.48. The van der Waals surface area contributed by atoms with Gasteiger partial charge in [0, 0.05) is 24.8 Å². The zero-order valence-electron chi connectivity index (χ0n) is 9.72. The molecule has 0 aliphatic carbocycles. The topological polar surface area (TPSA) is 43.8 Å². The number of rotatable bonds is 3. The van der Waals surface area contributed by atoms with Gasteiger partial charge in [-0.25, -0.2) is 0 Å². The first kappa shape index (κ1) is 10.9. The first-order valence-corrected chi connectivity index (χ1v) is 5.48. The van der Waals surface area contributed by atoms with Crippen LogP contribution in [0.4, 0.5) is 0 Å². The summed E-state index contributed by atoms with van der Waals surface area (Å²) in [7, 11) is 1.92. The van der Waals surface area contributed by atoms with Gasteiger partial charge in [0.2, 0.25) is 0 Å². The molecule has 1 unspecified atom stereocenters. The highest BCUT2D eigenvalue weighted by molar-refractivity contribution is 5.61. The molecule has 0 bridgehead atoms. The summed E-state index contributed by atoms with van der Waals surface area (Å²) >= 11 is 0. The summed E-state index contributed by atoms with van der Waals surface area (Å²) in [5.74, 6) is 0. The van der Waals surface area contributed by atoms with E-state index >= 15 is 0 Å². The second kappa shape index (κ2) is 4.49. The van der Waals surface area contributed by atoms with Crippen molar-refractivity contribution in [3.63, 3.8) is 0 Å². The average molecular weight is 215 g/mol. The van der Waals surface area contributed by atoms with Crippen molar-refractivity contribution < 1.29 is 0 Å². The van der Waals surface area contributed by atoms with Crippen molar-refractivity contribution in [1.82, 2.24) is 9.78 Å². The maximum absolute atomic E-state index is 5.76. The van der Waals surface area contributed by atoms with Gasteiger partial charge in [-0.05, 0) is 24.5 Å². The van der Waals surface area contributed by atoms with Gasteiger partial charge in [0.25, 0.3) is 0 Å². The molecule has 1 aromatic heterocycles. The van der Waals surface area contributed by atoms with E-state index in [2.05, 4.69) is 29.4 Å². The lowest BCUT2D eigenvalue weighted by Gasteiger charge is -2.05. The molecular formula is C13H17N3. The third-order valence-corrected chi connectivity index (χ3v) is 2.55. The van der Waals surface area contributed by atoms with E-state index in [9.17, 15) is 0 Å². The lowest BCUT2D eigenvalue weighted by atomic mass is 10.0.